The van der Waals surface area contributed by atoms with Crippen LogP contribution in [0.15, 0.2) is 53.9 Å². The van der Waals surface area contributed by atoms with Crippen molar-refractivity contribution in [2.24, 2.45) is 0 Å². The average Bonchev–Trinajstić information content (AvgIpc) is 3.31. The van der Waals surface area contributed by atoms with Crippen molar-refractivity contribution < 1.29 is 14.6 Å². The van der Waals surface area contributed by atoms with Gasteiger partial charge in [-0.1, -0.05) is 24.3 Å². The van der Waals surface area contributed by atoms with E-state index in [1.54, 1.807) is 18.4 Å². The number of thiophene rings is 1. The molecule has 0 bridgehead atoms. The zero-order valence-electron chi connectivity index (χ0n) is 14.9. The number of amides is 1. The van der Waals surface area contributed by atoms with Gasteiger partial charge in [-0.3, -0.25) is 4.79 Å². The van der Waals surface area contributed by atoms with E-state index in [0.29, 0.717) is 12.0 Å². The van der Waals surface area contributed by atoms with Gasteiger partial charge in [0.15, 0.2) is 0 Å². The summed E-state index contributed by atoms with van der Waals surface area (Å²) in [6, 6.07) is 15.7. The molecule has 1 aromatic heterocycles. The third-order valence-corrected chi connectivity index (χ3v) is 5.52. The van der Waals surface area contributed by atoms with Gasteiger partial charge in [-0.15, -0.1) is 11.3 Å². The van der Waals surface area contributed by atoms with Gasteiger partial charge in [0, 0.05) is 33.9 Å². The molecule has 0 radical (unpaired) electrons. The molecular formula is C22H19NO3S. The monoisotopic (exact) mass is 377 g/mol. The summed E-state index contributed by atoms with van der Waals surface area (Å²) in [5.74, 6) is 0.681. The third kappa shape index (κ3) is 3.27. The molecular weight excluding hydrogens is 358 g/mol. The summed E-state index contributed by atoms with van der Waals surface area (Å²) in [4.78, 5) is 13.7. The summed E-state index contributed by atoms with van der Waals surface area (Å²) in [6.07, 6.45) is 2.41. The number of hydrogen-bond acceptors (Lipinski definition) is 4. The van der Waals surface area contributed by atoms with Crippen LogP contribution in [-0.2, 0) is 11.2 Å². The number of carbonyl (C=O) groups excluding carboxylic acids is 1. The maximum atomic E-state index is 12.6. The molecule has 136 valence electrons. The fraction of sp³-hybridized carbons (Fsp3) is 0.136. The van der Waals surface area contributed by atoms with Crippen molar-refractivity contribution in [1.29, 1.82) is 0 Å². The van der Waals surface area contributed by atoms with Crippen LogP contribution in [0.1, 0.15) is 16.7 Å². The molecule has 0 atom stereocenters. The van der Waals surface area contributed by atoms with E-state index in [4.69, 9.17) is 4.74 Å². The number of rotatable bonds is 5. The zero-order valence-corrected chi connectivity index (χ0v) is 15.7. The van der Waals surface area contributed by atoms with Gasteiger partial charge in [-0.2, -0.15) is 0 Å². The second-order valence-corrected chi connectivity index (χ2v) is 7.21. The number of anilines is 1. The van der Waals surface area contributed by atoms with Crippen LogP contribution in [0.2, 0.25) is 0 Å². The van der Waals surface area contributed by atoms with E-state index < -0.39 is 0 Å². The molecule has 2 heterocycles. The molecule has 0 aliphatic carbocycles. The van der Waals surface area contributed by atoms with Crippen LogP contribution in [0.3, 0.4) is 0 Å². The van der Waals surface area contributed by atoms with Crippen molar-refractivity contribution in [2.45, 2.75) is 6.42 Å². The van der Waals surface area contributed by atoms with Crippen LogP contribution in [0.5, 0.6) is 5.75 Å². The number of aliphatic hydroxyl groups is 1. The Hall–Kier alpha value is -2.89. The van der Waals surface area contributed by atoms with Gasteiger partial charge in [0.2, 0.25) is 0 Å². The highest BCUT2D eigenvalue weighted by Crippen LogP contribution is 2.38. The number of ether oxygens (including phenoxy) is 1. The summed E-state index contributed by atoms with van der Waals surface area (Å²) in [6.45, 7) is 0.0446. The van der Waals surface area contributed by atoms with Crippen molar-refractivity contribution in [3.05, 3.63) is 70.6 Å². The fourth-order valence-corrected chi connectivity index (χ4v) is 4.15. The van der Waals surface area contributed by atoms with Crippen LogP contribution in [0.25, 0.3) is 22.1 Å². The summed E-state index contributed by atoms with van der Waals surface area (Å²) in [7, 11) is 1.66. The Bertz CT molecular complexity index is 1020. The molecule has 4 nitrogen and oxygen atoms in total. The van der Waals surface area contributed by atoms with Crippen LogP contribution in [0, 0.1) is 0 Å². The van der Waals surface area contributed by atoms with E-state index in [0.717, 1.165) is 38.6 Å². The molecule has 27 heavy (non-hydrogen) atoms. The van der Waals surface area contributed by atoms with Crippen LogP contribution in [0.4, 0.5) is 5.69 Å². The van der Waals surface area contributed by atoms with Crippen molar-refractivity contribution >= 4 is 34.6 Å². The van der Waals surface area contributed by atoms with E-state index in [-0.39, 0.29) is 12.5 Å². The normalized spacial score (nSPS) is 14.3. The molecule has 1 amide bonds. The summed E-state index contributed by atoms with van der Waals surface area (Å²) >= 11 is 1.65. The molecule has 5 heteroatoms. The number of benzene rings is 2. The molecule has 2 aromatic carbocycles. The number of hydrogen-bond donors (Lipinski definition) is 2. The summed E-state index contributed by atoms with van der Waals surface area (Å²) < 4.78 is 5.50. The van der Waals surface area contributed by atoms with Crippen molar-refractivity contribution in [1.82, 2.24) is 0 Å². The first-order valence-corrected chi connectivity index (χ1v) is 9.57. The lowest BCUT2D eigenvalue weighted by Crippen LogP contribution is -2.03. The molecule has 0 saturated carbocycles. The van der Waals surface area contributed by atoms with Gasteiger partial charge in [-0.25, -0.2) is 0 Å². The van der Waals surface area contributed by atoms with E-state index in [2.05, 4.69) is 11.4 Å². The van der Waals surface area contributed by atoms with Crippen molar-refractivity contribution in [2.75, 3.05) is 19.0 Å². The maximum Gasteiger partial charge on any atom is 0.256 e. The topological polar surface area (TPSA) is 58.6 Å². The lowest BCUT2D eigenvalue weighted by Gasteiger charge is -2.09. The number of nitrogens with one attached hydrogen (secondary N) is 1. The SMILES string of the molecule is COc1ccc(C=C2C(=O)Nc3cccc(CCO)c32)cc1-c1cccs1. The van der Waals surface area contributed by atoms with Gasteiger partial charge in [0.25, 0.3) is 5.91 Å². The second-order valence-electron chi connectivity index (χ2n) is 6.26. The predicted octanol–water partition coefficient (Wildman–Crippen LogP) is 4.45. The fourth-order valence-electron chi connectivity index (χ4n) is 3.40. The van der Waals surface area contributed by atoms with Gasteiger partial charge in [0.05, 0.1) is 7.11 Å². The molecule has 0 unspecified atom stereocenters. The number of methoxy groups -OCH3 is 1. The second kappa shape index (κ2) is 7.39. The highest BCUT2D eigenvalue weighted by Gasteiger charge is 2.26. The van der Waals surface area contributed by atoms with E-state index >= 15 is 0 Å². The molecule has 3 aromatic rings. The Morgan fingerprint density at radius 1 is 1.19 bits per heavy atom. The van der Waals surface area contributed by atoms with Gasteiger partial charge >= 0.3 is 0 Å². The Morgan fingerprint density at radius 2 is 2.07 bits per heavy atom. The van der Waals surface area contributed by atoms with Crippen molar-refractivity contribution in [3.63, 3.8) is 0 Å². The number of carbonyl (C=O) groups is 1. The Labute approximate surface area is 161 Å². The minimum absolute atomic E-state index is 0.0446. The highest BCUT2D eigenvalue weighted by atomic mass is 32.1. The van der Waals surface area contributed by atoms with Crippen LogP contribution in [-0.4, -0.2) is 24.7 Å². The predicted molar refractivity (Wildman–Crippen MR) is 110 cm³/mol. The first-order valence-electron chi connectivity index (χ1n) is 8.69. The van der Waals surface area contributed by atoms with Crippen molar-refractivity contribution in [3.8, 4) is 16.2 Å². The lowest BCUT2D eigenvalue weighted by molar-refractivity contribution is -0.110. The maximum absolute atomic E-state index is 12.6. The minimum Gasteiger partial charge on any atom is -0.496 e. The van der Waals surface area contributed by atoms with Gasteiger partial charge in [0.1, 0.15) is 5.75 Å². The third-order valence-electron chi connectivity index (χ3n) is 4.62. The first-order chi connectivity index (χ1) is 13.2. The highest BCUT2D eigenvalue weighted by molar-refractivity contribution is 7.13. The summed E-state index contributed by atoms with van der Waals surface area (Å²) in [5.41, 5.74) is 5.19. The molecule has 4 rings (SSSR count). The van der Waals surface area contributed by atoms with Crippen LogP contribution >= 0.6 is 11.3 Å². The van der Waals surface area contributed by atoms with E-state index in [9.17, 15) is 9.90 Å². The number of fused-ring (bicyclic) bond motifs is 1. The Kier molecular flexibility index (Phi) is 4.79. The largest absolute Gasteiger partial charge is 0.496 e. The molecule has 0 fully saturated rings. The molecule has 0 spiro atoms. The van der Waals surface area contributed by atoms with E-state index in [1.807, 2.05) is 53.9 Å². The minimum atomic E-state index is -0.121. The van der Waals surface area contributed by atoms with Crippen LogP contribution < -0.4 is 10.1 Å². The standard InChI is InChI=1S/C22H19NO3S/c1-26-19-8-7-14(12-16(19)20-6-3-11-27-20)13-17-21-15(9-10-24)4-2-5-18(21)23-22(17)25/h2-8,11-13,24H,9-10H2,1H3,(H,23,25). The Balaban J connectivity index is 1.82. The molecule has 1 aliphatic rings. The molecule has 1 aliphatic heterocycles. The van der Waals surface area contributed by atoms with E-state index in [1.165, 1.54) is 0 Å². The summed E-state index contributed by atoms with van der Waals surface area (Å²) in [5, 5.41) is 14.3. The lowest BCUT2D eigenvalue weighted by atomic mass is 9.96. The zero-order chi connectivity index (χ0) is 18.8. The quantitative estimate of drug-likeness (QED) is 0.646. The van der Waals surface area contributed by atoms with Gasteiger partial charge in [-0.05, 0) is 53.3 Å². The molecule has 0 saturated heterocycles. The molecule has 2 N–H and O–H groups in total. The Morgan fingerprint density at radius 3 is 2.81 bits per heavy atom. The number of aliphatic hydroxyl groups excluding tert-OH is 1. The smallest absolute Gasteiger partial charge is 0.256 e. The van der Waals surface area contributed by atoms with Gasteiger partial charge < -0.3 is 15.2 Å². The first kappa shape index (κ1) is 17.5. The average molecular weight is 377 g/mol.